The molecule has 0 radical (unpaired) electrons. The van der Waals surface area contributed by atoms with Crippen LogP contribution in [0, 0.1) is 0 Å². The summed E-state index contributed by atoms with van der Waals surface area (Å²) in [5.41, 5.74) is 0. The van der Waals surface area contributed by atoms with Crippen LogP contribution in [0.5, 0.6) is 0 Å². The Morgan fingerprint density at radius 3 is 1.36 bits per heavy atom. The Kier molecular flexibility index (Phi) is 51.1. The van der Waals surface area contributed by atoms with Gasteiger partial charge >= 0.3 is 5.97 Å². The minimum atomic E-state index is -1.61. The van der Waals surface area contributed by atoms with Crippen molar-refractivity contribution in [3.8, 4) is 0 Å². The van der Waals surface area contributed by atoms with Crippen LogP contribution in [0.1, 0.15) is 297 Å². The minimum Gasteiger partial charge on any atom is -0.454 e. The van der Waals surface area contributed by atoms with Crippen LogP contribution in [0.15, 0.2) is 48.6 Å². The molecule has 0 saturated carbocycles. The highest BCUT2D eigenvalue weighted by Crippen LogP contribution is 2.26. The molecule has 0 aliphatic carbocycles. The first-order valence-electron chi connectivity index (χ1n) is 32.4. The number of hydrogen-bond donors (Lipinski definition) is 6. The summed E-state index contributed by atoms with van der Waals surface area (Å²) in [6, 6.07) is -1.02. The van der Waals surface area contributed by atoms with E-state index in [0.29, 0.717) is 19.3 Å². The zero-order valence-corrected chi connectivity index (χ0v) is 49.8. The van der Waals surface area contributed by atoms with E-state index in [1.807, 2.05) is 6.08 Å². The SMILES string of the molecule is CCCCC/C=C\C/C=C\C/C=C\CCCCCCCCCCCCCCC(=O)OC1C(OCC(NC(=O)C(O)CCCCCCCCCCCC)C(O)/C=C/CCCCCCCCCCCCC)OC(CO)C(O)C1O. The lowest BCUT2D eigenvalue weighted by atomic mass is 9.99. The zero-order chi connectivity index (χ0) is 56.1. The molecule has 8 atom stereocenters. The van der Waals surface area contributed by atoms with Crippen LogP contribution in [0.2, 0.25) is 0 Å². The van der Waals surface area contributed by atoms with Crippen LogP contribution in [-0.2, 0) is 23.8 Å². The summed E-state index contributed by atoms with van der Waals surface area (Å²) in [6.07, 6.45) is 55.9. The van der Waals surface area contributed by atoms with Crippen LogP contribution in [0.25, 0.3) is 0 Å². The second-order valence-corrected chi connectivity index (χ2v) is 22.5. The molecule has 1 aliphatic heterocycles. The van der Waals surface area contributed by atoms with Gasteiger partial charge in [-0.25, -0.2) is 0 Å². The Bertz CT molecular complexity index is 1440. The second-order valence-electron chi connectivity index (χ2n) is 22.5. The molecule has 1 amide bonds. The van der Waals surface area contributed by atoms with E-state index in [1.165, 1.54) is 180 Å². The van der Waals surface area contributed by atoms with Gasteiger partial charge in [-0.05, 0) is 64.2 Å². The van der Waals surface area contributed by atoms with Crippen LogP contribution >= 0.6 is 0 Å². The maximum Gasteiger partial charge on any atom is 0.306 e. The smallest absolute Gasteiger partial charge is 0.306 e. The van der Waals surface area contributed by atoms with E-state index in [0.717, 1.165) is 70.6 Å². The Hall–Kier alpha value is -2.38. The molecule has 0 aromatic carbocycles. The predicted molar refractivity (Wildman–Crippen MR) is 320 cm³/mol. The highest BCUT2D eigenvalue weighted by atomic mass is 16.7. The number of aliphatic hydroxyl groups excluding tert-OH is 5. The van der Waals surface area contributed by atoms with Gasteiger partial charge in [-0.2, -0.15) is 0 Å². The number of unbranched alkanes of at least 4 members (excludes halogenated alkanes) is 35. The van der Waals surface area contributed by atoms with Crippen molar-refractivity contribution in [3.05, 3.63) is 48.6 Å². The van der Waals surface area contributed by atoms with E-state index in [-0.39, 0.29) is 13.0 Å². The third-order valence-corrected chi connectivity index (χ3v) is 15.2. The van der Waals surface area contributed by atoms with Crippen LogP contribution in [-0.4, -0.2) is 99.6 Å². The van der Waals surface area contributed by atoms with Crippen molar-refractivity contribution in [1.82, 2.24) is 5.32 Å². The fourth-order valence-electron chi connectivity index (χ4n) is 10.1. The van der Waals surface area contributed by atoms with Gasteiger partial charge in [-0.3, -0.25) is 9.59 Å². The molecular formula is C66H121NO10. The van der Waals surface area contributed by atoms with Gasteiger partial charge in [-0.15, -0.1) is 0 Å². The first-order chi connectivity index (χ1) is 37.7. The number of hydrogen-bond acceptors (Lipinski definition) is 10. The lowest BCUT2D eigenvalue weighted by Crippen LogP contribution is -2.61. The first-order valence-corrected chi connectivity index (χ1v) is 32.4. The molecule has 0 aromatic heterocycles. The van der Waals surface area contributed by atoms with Gasteiger partial charge in [0.15, 0.2) is 12.4 Å². The molecule has 1 rings (SSSR count). The van der Waals surface area contributed by atoms with Gasteiger partial charge in [-0.1, -0.05) is 275 Å². The number of esters is 1. The highest BCUT2D eigenvalue weighted by molar-refractivity contribution is 5.80. The largest absolute Gasteiger partial charge is 0.454 e. The summed E-state index contributed by atoms with van der Waals surface area (Å²) < 4.78 is 17.6. The quantitative estimate of drug-likeness (QED) is 0.0195. The third kappa shape index (κ3) is 42.2. The van der Waals surface area contributed by atoms with Crippen molar-refractivity contribution in [2.45, 2.75) is 346 Å². The summed E-state index contributed by atoms with van der Waals surface area (Å²) in [5, 5.41) is 56.9. The number of carbonyl (C=O) groups is 2. The number of rotatable bonds is 55. The molecule has 6 N–H and O–H groups in total. The molecule has 0 aromatic rings. The normalized spacial score (nSPS) is 19.3. The molecule has 11 heteroatoms. The van der Waals surface area contributed by atoms with E-state index in [9.17, 15) is 35.1 Å². The summed E-state index contributed by atoms with van der Waals surface area (Å²) in [4.78, 5) is 26.5. The molecule has 1 fully saturated rings. The molecular weight excluding hydrogens is 967 g/mol. The number of carbonyl (C=O) groups excluding carboxylic acids is 2. The minimum absolute atomic E-state index is 0.123. The number of nitrogens with one attached hydrogen (secondary N) is 1. The van der Waals surface area contributed by atoms with E-state index < -0.39 is 67.4 Å². The Balaban J connectivity index is 2.57. The van der Waals surface area contributed by atoms with Crippen LogP contribution in [0.4, 0.5) is 0 Å². The maximum absolute atomic E-state index is 13.4. The van der Waals surface area contributed by atoms with Gasteiger partial charge in [0.05, 0.1) is 25.4 Å². The lowest BCUT2D eigenvalue weighted by molar-refractivity contribution is -0.305. The van der Waals surface area contributed by atoms with Crippen molar-refractivity contribution in [2.75, 3.05) is 13.2 Å². The van der Waals surface area contributed by atoms with Gasteiger partial charge in [0, 0.05) is 6.42 Å². The van der Waals surface area contributed by atoms with E-state index >= 15 is 0 Å². The topological polar surface area (TPSA) is 175 Å². The summed E-state index contributed by atoms with van der Waals surface area (Å²) in [7, 11) is 0. The number of aliphatic hydroxyl groups is 5. The molecule has 0 spiro atoms. The number of ether oxygens (including phenoxy) is 3. The molecule has 450 valence electrons. The molecule has 1 saturated heterocycles. The summed E-state index contributed by atoms with van der Waals surface area (Å²) in [5.74, 6) is -1.19. The predicted octanol–water partition coefficient (Wildman–Crippen LogP) is 15.6. The van der Waals surface area contributed by atoms with E-state index in [4.69, 9.17) is 14.2 Å². The van der Waals surface area contributed by atoms with E-state index in [2.05, 4.69) is 62.5 Å². The van der Waals surface area contributed by atoms with Crippen molar-refractivity contribution in [2.24, 2.45) is 0 Å². The van der Waals surface area contributed by atoms with Gasteiger partial charge in [0.1, 0.15) is 24.4 Å². The van der Waals surface area contributed by atoms with Gasteiger partial charge in [0.25, 0.3) is 0 Å². The van der Waals surface area contributed by atoms with Gasteiger partial charge in [0.2, 0.25) is 5.91 Å². The zero-order valence-electron chi connectivity index (χ0n) is 49.8. The average molecular weight is 1090 g/mol. The third-order valence-electron chi connectivity index (χ3n) is 15.2. The summed E-state index contributed by atoms with van der Waals surface area (Å²) >= 11 is 0. The van der Waals surface area contributed by atoms with Gasteiger partial charge < -0.3 is 45.1 Å². The standard InChI is InChI=1S/C66H121NO10/c1-4-7-10-13-16-19-22-24-25-26-27-28-29-30-31-32-33-34-35-37-39-42-45-48-51-54-61(71)77-64-63(73)62(72)60(55-68)76-66(64)75-56-57(58(69)52-49-46-43-41-38-36-23-20-17-14-11-8-5-2)67-65(74)59(70)53-50-47-44-40-21-18-15-12-9-6-3/h16,19,24-25,27-28,49,52,57-60,62-64,66,68-70,72-73H,4-15,17-18,20-23,26,29-48,50-51,53-56H2,1-3H3,(H,67,74)/b19-16-,25-24-,28-27-,52-49+. The Labute approximate surface area is 472 Å². The maximum atomic E-state index is 13.4. The average Bonchev–Trinajstić information content (AvgIpc) is 3.43. The molecule has 8 unspecified atom stereocenters. The van der Waals surface area contributed by atoms with E-state index in [1.54, 1.807) is 6.08 Å². The molecule has 77 heavy (non-hydrogen) atoms. The van der Waals surface area contributed by atoms with Crippen molar-refractivity contribution in [3.63, 3.8) is 0 Å². The number of amides is 1. The molecule has 11 nitrogen and oxygen atoms in total. The fourth-order valence-corrected chi connectivity index (χ4v) is 10.1. The molecule has 0 bridgehead atoms. The first kappa shape index (κ1) is 72.6. The Morgan fingerprint density at radius 1 is 0.506 bits per heavy atom. The number of allylic oxidation sites excluding steroid dienone is 7. The monoisotopic (exact) mass is 1090 g/mol. The lowest BCUT2D eigenvalue weighted by Gasteiger charge is -2.41. The molecule has 1 aliphatic rings. The fraction of sp³-hybridized carbons (Fsp3) is 0.848. The van der Waals surface area contributed by atoms with Crippen LogP contribution in [0.3, 0.4) is 0 Å². The van der Waals surface area contributed by atoms with Crippen LogP contribution < -0.4 is 5.32 Å². The highest BCUT2D eigenvalue weighted by Gasteiger charge is 2.47. The van der Waals surface area contributed by atoms with Crippen molar-refractivity contribution < 1.29 is 49.3 Å². The van der Waals surface area contributed by atoms with Crippen molar-refractivity contribution >= 4 is 11.9 Å². The molecule has 1 heterocycles. The Morgan fingerprint density at radius 2 is 0.896 bits per heavy atom. The van der Waals surface area contributed by atoms with Crippen molar-refractivity contribution in [1.29, 1.82) is 0 Å². The summed E-state index contributed by atoms with van der Waals surface area (Å²) in [6.45, 7) is 5.76. The second kappa shape index (κ2) is 54.2.